The third-order valence-corrected chi connectivity index (χ3v) is 14.7. The van der Waals surface area contributed by atoms with Crippen LogP contribution in [0.25, 0.3) is 78.0 Å². The van der Waals surface area contributed by atoms with Crippen molar-refractivity contribution in [2.24, 2.45) is 17.8 Å². The predicted molar refractivity (Wildman–Crippen MR) is 214 cm³/mol. The maximum atomic E-state index is 6.51. The van der Waals surface area contributed by atoms with Gasteiger partial charge < -0.3 is 8.83 Å². The standard InChI is InChI=1S/C46H41N3O2Si/c1-52(2,3)34-14-17-38-37-16-11-32(22-41(37)51-42(38)23-34)45-48-43(30-8-12-33(13-9-30)46-24-27-18-28(25-46)20-29(19-27)26-46)47-44(49-45)31-10-15-36-35-6-4-5-7-39(35)50-40(36)21-31/h4-17,21-23,27-29H,18-20,24-26H2,1-3H3. The molecule has 0 unspecified atom stereocenters. The van der Waals surface area contributed by atoms with Crippen molar-refractivity contribution in [2.75, 3.05) is 0 Å². The molecule has 5 nitrogen and oxygen atoms in total. The van der Waals surface area contributed by atoms with E-state index >= 15 is 0 Å². The molecule has 0 saturated heterocycles. The maximum Gasteiger partial charge on any atom is 0.164 e. The van der Waals surface area contributed by atoms with Gasteiger partial charge in [-0.25, -0.2) is 15.0 Å². The van der Waals surface area contributed by atoms with Gasteiger partial charge in [0, 0.05) is 38.2 Å². The van der Waals surface area contributed by atoms with Gasteiger partial charge in [-0.2, -0.15) is 0 Å². The van der Waals surface area contributed by atoms with E-state index < -0.39 is 8.07 Å². The van der Waals surface area contributed by atoms with Crippen molar-refractivity contribution in [2.45, 2.75) is 63.6 Å². The minimum atomic E-state index is -1.48. The number of hydrogen-bond donors (Lipinski definition) is 0. The second kappa shape index (κ2) is 11.0. The molecule has 52 heavy (non-hydrogen) atoms. The van der Waals surface area contributed by atoms with E-state index in [4.69, 9.17) is 23.8 Å². The molecule has 0 radical (unpaired) electrons. The molecule has 0 amide bonds. The molecule has 3 heterocycles. The molecule has 6 heteroatoms. The summed E-state index contributed by atoms with van der Waals surface area (Å²) in [6.45, 7) is 7.11. The average Bonchev–Trinajstić information content (AvgIpc) is 3.71. The van der Waals surface area contributed by atoms with Gasteiger partial charge in [-0.05, 0) is 104 Å². The van der Waals surface area contributed by atoms with Crippen LogP contribution in [-0.2, 0) is 5.41 Å². The van der Waals surface area contributed by atoms with Gasteiger partial charge in [-0.1, -0.05) is 91.6 Å². The smallest absolute Gasteiger partial charge is 0.164 e. The van der Waals surface area contributed by atoms with E-state index in [9.17, 15) is 0 Å². The van der Waals surface area contributed by atoms with Crippen LogP contribution in [0, 0.1) is 17.8 Å². The summed E-state index contributed by atoms with van der Waals surface area (Å²) >= 11 is 0. The Morgan fingerprint density at radius 3 is 1.54 bits per heavy atom. The first-order chi connectivity index (χ1) is 25.2. The monoisotopic (exact) mass is 695 g/mol. The highest BCUT2D eigenvalue weighted by Crippen LogP contribution is 2.60. The highest BCUT2D eigenvalue weighted by molar-refractivity contribution is 6.88. The first kappa shape index (κ1) is 30.5. The van der Waals surface area contributed by atoms with Crippen LogP contribution >= 0.6 is 0 Å². The fourth-order valence-corrected chi connectivity index (χ4v) is 11.6. The Bertz CT molecular complexity index is 2680. The molecule has 5 aromatic carbocycles. The van der Waals surface area contributed by atoms with Crippen LogP contribution in [-0.4, -0.2) is 23.0 Å². The second-order valence-corrected chi connectivity index (χ2v) is 22.2. The summed E-state index contributed by atoms with van der Waals surface area (Å²) in [5.74, 6) is 4.66. The van der Waals surface area contributed by atoms with Crippen molar-refractivity contribution < 1.29 is 8.83 Å². The van der Waals surface area contributed by atoms with Gasteiger partial charge in [0.15, 0.2) is 17.5 Å². The summed E-state index contributed by atoms with van der Waals surface area (Å²) < 4.78 is 12.8. The van der Waals surface area contributed by atoms with E-state index in [0.717, 1.165) is 78.3 Å². The van der Waals surface area contributed by atoms with Crippen molar-refractivity contribution in [3.8, 4) is 34.2 Å². The zero-order valence-corrected chi connectivity index (χ0v) is 30.9. The van der Waals surface area contributed by atoms with Crippen LogP contribution < -0.4 is 5.19 Å². The minimum Gasteiger partial charge on any atom is -0.456 e. The Morgan fingerprint density at radius 1 is 0.500 bits per heavy atom. The first-order valence-electron chi connectivity index (χ1n) is 19.0. The van der Waals surface area contributed by atoms with E-state index in [1.54, 1.807) is 0 Å². The molecular weight excluding hydrogens is 655 g/mol. The maximum absolute atomic E-state index is 6.51. The zero-order valence-electron chi connectivity index (χ0n) is 29.9. The molecule has 8 aromatic rings. The Hall–Kier alpha value is -5.07. The molecule has 4 bridgehead atoms. The van der Waals surface area contributed by atoms with Crippen molar-refractivity contribution >= 4 is 57.1 Å². The van der Waals surface area contributed by atoms with Gasteiger partial charge in [0.05, 0.1) is 8.07 Å². The zero-order chi connectivity index (χ0) is 34.8. The highest BCUT2D eigenvalue weighted by Gasteiger charge is 2.51. The van der Waals surface area contributed by atoms with E-state index in [2.05, 4.69) is 105 Å². The van der Waals surface area contributed by atoms with Gasteiger partial charge >= 0.3 is 0 Å². The Morgan fingerprint density at radius 2 is 0.962 bits per heavy atom. The Labute approximate surface area is 304 Å². The van der Waals surface area contributed by atoms with E-state index in [0.29, 0.717) is 22.9 Å². The van der Waals surface area contributed by atoms with Gasteiger partial charge in [0.25, 0.3) is 0 Å². The van der Waals surface area contributed by atoms with E-state index in [1.165, 1.54) is 49.3 Å². The second-order valence-electron chi connectivity index (χ2n) is 17.2. The summed E-state index contributed by atoms with van der Waals surface area (Å²) in [7, 11) is -1.48. The molecule has 4 saturated carbocycles. The van der Waals surface area contributed by atoms with Gasteiger partial charge in [-0.15, -0.1) is 0 Å². The SMILES string of the molecule is C[Si](C)(C)c1ccc2c(c1)oc1cc(-c3nc(-c4ccc(C56CC7CC(CC(C7)C5)C6)cc4)nc(-c4ccc5c(c4)oc4ccccc45)n3)ccc12. The van der Waals surface area contributed by atoms with Crippen molar-refractivity contribution in [3.63, 3.8) is 0 Å². The molecule has 12 rings (SSSR count). The average molecular weight is 696 g/mol. The van der Waals surface area contributed by atoms with Crippen LogP contribution in [0.3, 0.4) is 0 Å². The van der Waals surface area contributed by atoms with Crippen LogP contribution in [0.4, 0.5) is 0 Å². The number of para-hydroxylation sites is 1. The fraction of sp³-hybridized carbons (Fsp3) is 0.283. The predicted octanol–water partition coefficient (Wildman–Crippen LogP) is 11.7. The molecule has 0 aliphatic heterocycles. The topological polar surface area (TPSA) is 65.0 Å². The van der Waals surface area contributed by atoms with Crippen LogP contribution in [0.2, 0.25) is 19.6 Å². The van der Waals surface area contributed by atoms with Crippen LogP contribution in [0.15, 0.2) is 112 Å². The lowest BCUT2D eigenvalue weighted by Crippen LogP contribution is -2.48. The number of rotatable bonds is 5. The molecule has 4 fully saturated rings. The minimum absolute atomic E-state index is 0.350. The van der Waals surface area contributed by atoms with Gasteiger partial charge in [-0.3, -0.25) is 0 Å². The summed E-state index contributed by atoms with van der Waals surface area (Å²) in [5.41, 5.74) is 8.13. The summed E-state index contributed by atoms with van der Waals surface area (Å²) in [5, 5.41) is 5.82. The highest BCUT2D eigenvalue weighted by atomic mass is 28.3. The summed E-state index contributed by atoms with van der Waals surface area (Å²) in [6.07, 6.45) is 8.41. The lowest BCUT2D eigenvalue weighted by atomic mass is 9.48. The molecule has 4 aliphatic carbocycles. The molecule has 0 spiro atoms. The van der Waals surface area contributed by atoms with Crippen molar-refractivity contribution in [3.05, 3.63) is 109 Å². The summed E-state index contributed by atoms with van der Waals surface area (Å²) in [6, 6.07) is 36.8. The molecule has 0 atom stereocenters. The Balaban J connectivity index is 1.03. The lowest BCUT2D eigenvalue weighted by molar-refractivity contribution is -0.00518. The number of aromatic nitrogens is 3. The van der Waals surface area contributed by atoms with Crippen LogP contribution in [0.5, 0.6) is 0 Å². The van der Waals surface area contributed by atoms with Crippen molar-refractivity contribution in [1.29, 1.82) is 0 Å². The number of benzene rings is 5. The normalized spacial score (nSPS) is 22.7. The molecule has 256 valence electrons. The number of furan rings is 2. The summed E-state index contributed by atoms with van der Waals surface area (Å²) in [4.78, 5) is 15.4. The van der Waals surface area contributed by atoms with Gasteiger partial charge in [0.2, 0.25) is 0 Å². The quantitative estimate of drug-likeness (QED) is 0.168. The number of hydrogen-bond acceptors (Lipinski definition) is 5. The van der Waals surface area contributed by atoms with Gasteiger partial charge in [0.1, 0.15) is 22.3 Å². The lowest BCUT2D eigenvalue weighted by Gasteiger charge is -2.57. The van der Waals surface area contributed by atoms with E-state index in [-0.39, 0.29) is 0 Å². The third kappa shape index (κ3) is 4.83. The largest absolute Gasteiger partial charge is 0.456 e. The molecule has 0 N–H and O–H groups in total. The van der Waals surface area contributed by atoms with Crippen molar-refractivity contribution in [1.82, 2.24) is 15.0 Å². The third-order valence-electron chi connectivity index (χ3n) is 12.7. The Kier molecular flexibility index (Phi) is 6.44. The van der Waals surface area contributed by atoms with Crippen LogP contribution in [0.1, 0.15) is 44.1 Å². The van der Waals surface area contributed by atoms with E-state index in [1.807, 2.05) is 18.2 Å². The molecule has 4 aliphatic rings. The number of nitrogens with zero attached hydrogens (tertiary/aromatic N) is 3. The molecule has 3 aromatic heterocycles. The molecular formula is C46H41N3O2Si. The fourth-order valence-electron chi connectivity index (χ4n) is 10.4. The number of fused-ring (bicyclic) bond motifs is 6. The first-order valence-corrected chi connectivity index (χ1v) is 22.5.